The predicted molar refractivity (Wildman–Crippen MR) is 90.6 cm³/mol. The Kier molecular flexibility index (Phi) is 4.54. The molecule has 7 nitrogen and oxygen atoms in total. The number of nitrogens with two attached hydrogens (primary N) is 1. The fourth-order valence-electron chi connectivity index (χ4n) is 3.93. The van der Waals surface area contributed by atoms with E-state index in [4.69, 9.17) is 14.9 Å². The Balaban J connectivity index is 1.58. The van der Waals surface area contributed by atoms with Gasteiger partial charge in [-0.3, -0.25) is 9.79 Å². The summed E-state index contributed by atoms with van der Waals surface area (Å²) in [6.07, 6.45) is 2.62. The number of primary amides is 1. The predicted octanol–water partition coefficient (Wildman–Crippen LogP) is 1.25. The first-order valence-electron chi connectivity index (χ1n) is 8.40. The van der Waals surface area contributed by atoms with Crippen molar-refractivity contribution < 1.29 is 13.9 Å². The minimum absolute atomic E-state index is 0.0759. The van der Waals surface area contributed by atoms with Gasteiger partial charge >= 0.3 is 0 Å². The average molecular weight is 334 g/mol. The number of carbonyl (C=O) groups excluding carboxylic acids is 1. The average Bonchev–Trinajstić information content (AvgIpc) is 3.04. The molecule has 2 aliphatic rings. The molecule has 1 aliphatic heterocycles. The molecule has 1 aliphatic carbocycles. The number of fused-ring (bicyclic) bond motifs is 1. The third-order valence-corrected chi connectivity index (χ3v) is 5.18. The van der Waals surface area contributed by atoms with E-state index in [1.165, 1.54) is 6.42 Å². The minimum atomic E-state index is -0.566. The molecule has 1 aromatic heterocycles. The van der Waals surface area contributed by atoms with Gasteiger partial charge in [0.1, 0.15) is 5.76 Å². The van der Waals surface area contributed by atoms with Crippen LogP contribution in [0.25, 0.3) is 0 Å². The molecular weight excluding hydrogens is 308 g/mol. The molecule has 132 valence electrons. The fourth-order valence-corrected chi connectivity index (χ4v) is 3.93. The molecule has 24 heavy (non-hydrogen) atoms. The summed E-state index contributed by atoms with van der Waals surface area (Å²) in [7, 11) is 1.74. The number of carbonyl (C=O) groups is 1. The SMILES string of the molecule is CN=C(NCc1ccc(C(N)=O)o1)NC1C2CCCOC2C1(C)C. The number of hydrogen-bond donors (Lipinski definition) is 3. The lowest BCUT2D eigenvalue weighted by Crippen LogP contribution is -2.70. The first-order chi connectivity index (χ1) is 11.4. The van der Waals surface area contributed by atoms with Crippen LogP contribution in [0.3, 0.4) is 0 Å². The summed E-state index contributed by atoms with van der Waals surface area (Å²) < 4.78 is 11.3. The van der Waals surface area contributed by atoms with Gasteiger partial charge in [-0.2, -0.15) is 0 Å². The third-order valence-electron chi connectivity index (χ3n) is 5.18. The highest BCUT2D eigenvalue weighted by molar-refractivity contribution is 5.89. The number of guanidine groups is 1. The topological polar surface area (TPSA) is 102 Å². The van der Waals surface area contributed by atoms with E-state index in [9.17, 15) is 4.79 Å². The maximum absolute atomic E-state index is 11.1. The summed E-state index contributed by atoms with van der Waals surface area (Å²) in [6, 6.07) is 3.64. The molecule has 7 heteroatoms. The lowest BCUT2D eigenvalue weighted by Gasteiger charge is -2.60. The van der Waals surface area contributed by atoms with Crippen LogP contribution in [-0.4, -0.2) is 37.7 Å². The number of ether oxygens (including phenoxy) is 1. The molecule has 1 amide bonds. The Morgan fingerprint density at radius 3 is 2.92 bits per heavy atom. The van der Waals surface area contributed by atoms with Gasteiger partial charge in [-0.1, -0.05) is 13.8 Å². The van der Waals surface area contributed by atoms with Crippen molar-refractivity contribution in [3.63, 3.8) is 0 Å². The van der Waals surface area contributed by atoms with E-state index in [-0.39, 0.29) is 11.2 Å². The van der Waals surface area contributed by atoms with Crippen LogP contribution in [0, 0.1) is 11.3 Å². The Bertz CT molecular complexity index is 638. The van der Waals surface area contributed by atoms with Crippen molar-refractivity contribution in [3.8, 4) is 0 Å². The molecule has 3 atom stereocenters. The Morgan fingerprint density at radius 1 is 1.46 bits per heavy atom. The van der Waals surface area contributed by atoms with Crippen LogP contribution >= 0.6 is 0 Å². The van der Waals surface area contributed by atoms with Crippen molar-refractivity contribution in [2.45, 2.75) is 45.4 Å². The van der Waals surface area contributed by atoms with Crippen molar-refractivity contribution in [2.24, 2.45) is 22.1 Å². The van der Waals surface area contributed by atoms with Crippen LogP contribution in [0.2, 0.25) is 0 Å². The smallest absolute Gasteiger partial charge is 0.284 e. The molecule has 3 rings (SSSR count). The van der Waals surface area contributed by atoms with E-state index in [1.54, 1.807) is 19.2 Å². The van der Waals surface area contributed by atoms with Gasteiger partial charge in [0.15, 0.2) is 11.7 Å². The first kappa shape index (κ1) is 16.8. The summed E-state index contributed by atoms with van der Waals surface area (Å²) >= 11 is 0. The summed E-state index contributed by atoms with van der Waals surface area (Å²) in [6.45, 7) is 5.77. The van der Waals surface area contributed by atoms with Crippen LogP contribution in [-0.2, 0) is 11.3 Å². The first-order valence-corrected chi connectivity index (χ1v) is 8.40. The van der Waals surface area contributed by atoms with Gasteiger partial charge in [0.25, 0.3) is 5.91 Å². The summed E-state index contributed by atoms with van der Waals surface area (Å²) in [5, 5.41) is 6.74. The number of aliphatic imine (C=N–C) groups is 1. The molecule has 1 aromatic rings. The van der Waals surface area contributed by atoms with Crippen LogP contribution in [0.15, 0.2) is 21.5 Å². The second-order valence-corrected chi connectivity index (χ2v) is 7.10. The van der Waals surface area contributed by atoms with Crippen molar-refractivity contribution in [2.75, 3.05) is 13.7 Å². The van der Waals surface area contributed by atoms with E-state index in [1.807, 2.05) is 0 Å². The Morgan fingerprint density at radius 2 is 2.25 bits per heavy atom. The molecule has 1 saturated carbocycles. The van der Waals surface area contributed by atoms with E-state index >= 15 is 0 Å². The molecule has 3 unspecified atom stereocenters. The number of amides is 1. The molecule has 0 spiro atoms. The highest BCUT2D eigenvalue weighted by Crippen LogP contribution is 2.51. The highest BCUT2D eigenvalue weighted by Gasteiger charge is 2.58. The number of hydrogen-bond acceptors (Lipinski definition) is 4. The quantitative estimate of drug-likeness (QED) is 0.568. The van der Waals surface area contributed by atoms with Crippen LogP contribution in [0.5, 0.6) is 0 Å². The zero-order chi connectivity index (χ0) is 17.3. The normalized spacial score (nSPS) is 28.6. The summed E-state index contributed by atoms with van der Waals surface area (Å²) in [5.74, 6) is 1.48. The molecular formula is C17H26N4O3. The van der Waals surface area contributed by atoms with Gasteiger partial charge in [0.05, 0.1) is 12.6 Å². The summed E-state index contributed by atoms with van der Waals surface area (Å²) in [5.41, 5.74) is 5.27. The Hall–Kier alpha value is -2.02. The lowest BCUT2D eigenvalue weighted by atomic mass is 9.55. The van der Waals surface area contributed by atoms with Crippen molar-refractivity contribution >= 4 is 11.9 Å². The molecule has 0 radical (unpaired) electrons. The van der Waals surface area contributed by atoms with Gasteiger partial charge in [-0.05, 0) is 25.0 Å². The Labute approximate surface area is 142 Å². The largest absolute Gasteiger partial charge is 0.454 e. The number of furan rings is 1. The molecule has 4 N–H and O–H groups in total. The molecule has 0 aromatic carbocycles. The highest BCUT2D eigenvalue weighted by atomic mass is 16.5. The number of nitrogens with one attached hydrogen (secondary N) is 2. The van der Waals surface area contributed by atoms with E-state index < -0.39 is 5.91 Å². The maximum atomic E-state index is 11.1. The van der Waals surface area contributed by atoms with Gasteiger partial charge in [-0.15, -0.1) is 0 Å². The molecule has 2 heterocycles. The van der Waals surface area contributed by atoms with E-state index in [0.717, 1.165) is 13.0 Å². The molecule has 2 fully saturated rings. The zero-order valence-electron chi connectivity index (χ0n) is 14.5. The van der Waals surface area contributed by atoms with Crippen LogP contribution in [0.1, 0.15) is 43.0 Å². The van der Waals surface area contributed by atoms with Crippen LogP contribution in [0.4, 0.5) is 0 Å². The number of nitrogens with zero attached hydrogens (tertiary/aromatic N) is 1. The second kappa shape index (κ2) is 6.47. The van der Waals surface area contributed by atoms with Crippen molar-refractivity contribution in [3.05, 3.63) is 23.7 Å². The van der Waals surface area contributed by atoms with Gasteiger partial charge in [0, 0.05) is 31.0 Å². The van der Waals surface area contributed by atoms with Crippen molar-refractivity contribution in [1.82, 2.24) is 10.6 Å². The third kappa shape index (κ3) is 3.00. The van der Waals surface area contributed by atoms with E-state index in [0.29, 0.717) is 36.3 Å². The molecule has 1 saturated heterocycles. The van der Waals surface area contributed by atoms with Crippen LogP contribution < -0.4 is 16.4 Å². The molecule has 0 bridgehead atoms. The lowest BCUT2D eigenvalue weighted by molar-refractivity contribution is -0.188. The minimum Gasteiger partial charge on any atom is -0.454 e. The van der Waals surface area contributed by atoms with Gasteiger partial charge in [-0.25, -0.2) is 0 Å². The fraction of sp³-hybridized carbons (Fsp3) is 0.647. The maximum Gasteiger partial charge on any atom is 0.284 e. The van der Waals surface area contributed by atoms with Gasteiger partial charge in [0.2, 0.25) is 0 Å². The zero-order valence-corrected chi connectivity index (χ0v) is 14.5. The standard InChI is InChI=1S/C17H26N4O3/c1-17(2)13(11-5-4-8-23-14(11)17)21-16(19-3)20-9-10-6-7-12(24-10)15(18)22/h6-7,11,13-14H,4-5,8-9H2,1-3H3,(H2,18,22)(H2,19,20,21). The van der Waals surface area contributed by atoms with E-state index in [2.05, 4.69) is 29.5 Å². The number of rotatable bonds is 4. The summed E-state index contributed by atoms with van der Waals surface area (Å²) in [4.78, 5) is 15.4. The van der Waals surface area contributed by atoms with Crippen molar-refractivity contribution in [1.29, 1.82) is 0 Å². The monoisotopic (exact) mass is 334 g/mol. The van der Waals surface area contributed by atoms with Gasteiger partial charge < -0.3 is 25.5 Å². The second-order valence-electron chi connectivity index (χ2n) is 7.10.